The third-order valence-electron chi connectivity index (χ3n) is 4.11. The smallest absolute Gasteiger partial charge is 0.191 e. The molecule has 1 aliphatic heterocycles. The summed E-state index contributed by atoms with van der Waals surface area (Å²) in [6.07, 6.45) is 2.27. The summed E-state index contributed by atoms with van der Waals surface area (Å²) in [6, 6.07) is 7.28. The van der Waals surface area contributed by atoms with E-state index in [1.54, 1.807) is 13.0 Å². The van der Waals surface area contributed by atoms with Gasteiger partial charge in [0.15, 0.2) is 5.96 Å². The van der Waals surface area contributed by atoms with E-state index in [9.17, 15) is 5.11 Å². The van der Waals surface area contributed by atoms with Gasteiger partial charge < -0.3 is 15.7 Å². The van der Waals surface area contributed by atoms with Gasteiger partial charge >= 0.3 is 0 Å². The maximum absolute atomic E-state index is 10.6. The summed E-state index contributed by atoms with van der Waals surface area (Å²) < 4.78 is 0. The Balaban J connectivity index is 2.03. The van der Waals surface area contributed by atoms with Gasteiger partial charge in [-0.25, -0.2) is 4.99 Å². The lowest BCUT2D eigenvalue weighted by Crippen LogP contribution is -2.43. The van der Waals surface area contributed by atoms with Gasteiger partial charge in [-0.15, -0.1) is 0 Å². The Morgan fingerprint density at radius 1 is 1.43 bits per heavy atom. The standard InChI is InChI=1S/C16H24ClN3O/c1-12-7-9-20(10-8-12)15(18)19-11-16(2,21)13-5-3-4-6-14(13)17/h3-6,12,21H,7-11H2,1-2H3,(H2,18,19). The molecule has 21 heavy (non-hydrogen) atoms. The number of likely N-dealkylation sites (tertiary alicyclic amines) is 1. The van der Waals surface area contributed by atoms with Crippen molar-refractivity contribution in [2.75, 3.05) is 19.6 Å². The van der Waals surface area contributed by atoms with Crippen LogP contribution in [0.4, 0.5) is 0 Å². The maximum atomic E-state index is 10.6. The number of aliphatic imine (C=N–C) groups is 1. The number of benzene rings is 1. The molecule has 0 aromatic heterocycles. The predicted octanol–water partition coefficient (Wildman–Crippen LogP) is 2.59. The predicted molar refractivity (Wildman–Crippen MR) is 87.5 cm³/mol. The second-order valence-corrected chi connectivity index (χ2v) is 6.50. The quantitative estimate of drug-likeness (QED) is 0.666. The van der Waals surface area contributed by atoms with Crippen molar-refractivity contribution in [1.82, 2.24) is 4.90 Å². The van der Waals surface area contributed by atoms with Gasteiger partial charge in [0.1, 0.15) is 5.60 Å². The molecule has 1 aromatic rings. The third kappa shape index (κ3) is 4.11. The molecule has 0 amide bonds. The first-order valence-corrected chi connectivity index (χ1v) is 7.80. The molecule has 0 aliphatic carbocycles. The highest BCUT2D eigenvalue weighted by Crippen LogP contribution is 2.28. The van der Waals surface area contributed by atoms with Gasteiger partial charge in [-0.05, 0) is 31.7 Å². The molecule has 1 fully saturated rings. The first-order valence-electron chi connectivity index (χ1n) is 7.42. The fraction of sp³-hybridized carbons (Fsp3) is 0.562. The van der Waals surface area contributed by atoms with Crippen LogP contribution in [0.25, 0.3) is 0 Å². The number of rotatable bonds is 3. The van der Waals surface area contributed by atoms with E-state index in [-0.39, 0.29) is 6.54 Å². The molecular formula is C16H24ClN3O. The van der Waals surface area contributed by atoms with Crippen molar-refractivity contribution >= 4 is 17.6 Å². The van der Waals surface area contributed by atoms with E-state index in [4.69, 9.17) is 17.3 Å². The van der Waals surface area contributed by atoms with Gasteiger partial charge in [-0.1, -0.05) is 36.7 Å². The molecule has 0 spiro atoms. The minimum absolute atomic E-state index is 0.203. The number of halogens is 1. The second kappa shape index (κ2) is 6.67. The Morgan fingerprint density at radius 3 is 2.67 bits per heavy atom. The number of nitrogens with zero attached hydrogens (tertiary/aromatic N) is 2. The van der Waals surface area contributed by atoms with Crippen LogP contribution in [0.1, 0.15) is 32.3 Å². The number of hydrogen-bond donors (Lipinski definition) is 2. The van der Waals surface area contributed by atoms with Crippen LogP contribution in [0.2, 0.25) is 5.02 Å². The first-order chi connectivity index (χ1) is 9.90. The molecule has 3 N–H and O–H groups in total. The van der Waals surface area contributed by atoms with Crippen LogP contribution < -0.4 is 5.73 Å². The largest absolute Gasteiger partial charge is 0.383 e. The molecule has 2 rings (SSSR count). The Kier molecular flexibility index (Phi) is 5.12. The Bertz CT molecular complexity index is 508. The molecule has 0 radical (unpaired) electrons. The zero-order chi connectivity index (χ0) is 15.5. The summed E-state index contributed by atoms with van der Waals surface area (Å²) >= 11 is 6.14. The summed E-state index contributed by atoms with van der Waals surface area (Å²) in [5.41, 5.74) is 5.61. The number of piperidine rings is 1. The third-order valence-corrected chi connectivity index (χ3v) is 4.44. The van der Waals surface area contributed by atoms with E-state index in [1.807, 2.05) is 18.2 Å². The number of hydrogen-bond acceptors (Lipinski definition) is 2. The number of guanidine groups is 1. The Labute approximate surface area is 131 Å². The first kappa shape index (κ1) is 16.1. The van der Waals surface area contributed by atoms with Crippen molar-refractivity contribution in [3.63, 3.8) is 0 Å². The van der Waals surface area contributed by atoms with E-state index < -0.39 is 5.60 Å². The maximum Gasteiger partial charge on any atom is 0.191 e. The number of nitrogens with two attached hydrogens (primary N) is 1. The van der Waals surface area contributed by atoms with Gasteiger partial charge in [-0.3, -0.25) is 0 Å². The molecule has 4 nitrogen and oxygen atoms in total. The van der Waals surface area contributed by atoms with Gasteiger partial charge in [0.2, 0.25) is 0 Å². The molecule has 1 heterocycles. The zero-order valence-corrected chi connectivity index (χ0v) is 13.5. The topological polar surface area (TPSA) is 61.8 Å². The molecule has 0 bridgehead atoms. The molecule has 5 heteroatoms. The molecule has 0 saturated carbocycles. The van der Waals surface area contributed by atoms with Gasteiger partial charge in [-0.2, -0.15) is 0 Å². The highest BCUT2D eigenvalue weighted by Gasteiger charge is 2.26. The van der Waals surface area contributed by atoms with Crippen LogP contribution in [0.5, 0.6) is 0 Å². The van der Waals surface area contributed by atoms with Gasteiger partial charge in [0.25, 0.3) is 0 Å². The van der Waals surface area contributed by atoms with Crippen molar-refractivity contribution in [3.8, 4) is 0 Å². The van der Waals surface area contributed by atoms with Crippen LogP contribution in [0.3, 0.4) is 0 Å². The Morgan fingerprint density at radius 2 is 2.05 bits per heavy atom. The van der Waals surface area contributed by atoms with Crippen LogP contribution >= 0.6 is 11.6 Å². The average molecular weight is 310 g/mol. The fourth-order valence-corrected chi connectivity index (χ4v) is 2.90. The molecule has 1 atom stereocenters. The molecule has 1 aromatic carbocycles. The molecule has 116 valence electrons. The second-order valence-electron chi connectivity index (χ2n) is 6.10. The van der Waals surface area contributed by atoms with Crippen LogP contribution in [-0.2, 0) is 5.60 Å². The SMILES string of the molecule is CC1CCN(C(N)=NCC(C)(O)c2ccccc2Cl)CC1. The molecule has 1 saturated heterocycles. The minimum atomic E-state index is -1.12. The van der Waals surface area contributed by atoms with E-state index >= 15 is 0 Å². The van der Waals surface area contributed by atoms with Crippen molar-refractivity contribution in [2.24, 2.45) is 16.6 Å². The molecule has 1 unspecified atom stereocenters. The monoisotopic (exact) mass is 309 g/mol. The molecular weight excluding hydrogens is 286 g/mol. The fourth-order valence-electron chi connectivity index (χ4n) is 2.56. The van der Waals surface area contributed by atoms with E-state index in [0.717, 1.165) is 31.8 Å². The van der Waals surface area contributed by atoms with Crippen molar-refractivity contribution in [3.05, 3.63) is 34.9 Å². The lowest BCUT2D eigenvalue weighted by Gasteiger charge is -2.31. The highest BCUT2D eigenvalue weighted by atomic mass is 35.5. The van der Waals surface area contributed by atoms with Gasteiger partial charge in [0, 0.05) is 23.7 Å². The summed E-state index contributed by atoms with van der Waals surface area (Å²) in [7, 11) is 0. The average Bonchev–Trinajstić information content (AvgIpc) is 2.46. The van der Waals surface area contributed by atoms with Crippen molar-refractivity contribution in [1.29, 1.82) is 0 Å². The van der Waals surface area contributed by atoms with Crippen molar-refractivity contribution in [2.45, 2.75) is 32.3 Å². The Hall–Kier alpha value is -1.26. The lowest BCUT2D eigenvalue weighted by atomic mass is 9.96. The molecule has 1 aliphatic rings. The highest BCUT2D eigenvalue weighted by molar-refractivity contribution is 6.31. The lowest BCUT2D eigenvalue weighted by molar-refractivity contribution is 0.0670. The van der Waals surface area contributed by atoms with Crippen LogP contribution in [0, 0.1) is 5.92 Å². The van der Waals surface area contributed by atoms with E-state index in [2.05, 4.69) is 16.8 Å². The summed E-state index contributed by atoms with van der Waals surface area (Å²) in [4.78, 5) is 6.46. The van der Waals surface area contributed by atoms with Gasteiger partial charge in [0.05, 0.1) is 6.54 Å². The summed E-state index contributed by atoms with van der Waals surface area (Å²) in [6.45, 7) is 6.04. The van der Waals surface area contributed by atoms with Crippen LogP contribution in [0.15, 0.2) is 29.3 Å². The van der Waals surface area contributed by atoms with E-state index in [0.29, 0.717) is 16.5 Å². The minimum Gasteiger partial charge on any atom is -0.383 e. The zero-order valence-electron chi connectivity index (χ0n) is 12.7. The summed E-state index contributed by atoms with van der Waals surface area (Å²) in [5, 5.41) is 11.1. The summed E-state index contributed by atoms with van der Waals surface area (Å²) in [5.74, 6) is 1.26. The number of aliphatic hydroxyl groups is 1. The van der Waals surface area contributed by atoms with E-state index in [1.165, 1.54) is 0 Å². The van der Waals surface area contributed by atoms with Crippen molar-refractivity contribution < 1.29 is 5.11 Å². The van der Waals surface area contributed by atoms with Crippen LogP contribution in [-0.4, -0.2) is 35.6 Å². The normalized spacial score (nSPS) is 20.4.